The predicted molar refractivity (Wildman–Crippen MR) is 63.0 cm³/mol. The van der Waals surface area contributed by atoms with Gasteiger partial charge in [-0.1, -0.05) is 11.6 Å². The number of hydrogen-bond donors (Lipinski definition) is 0. The van der Waals surface area contributed by atoms with E-state index < -0.39 is 0 Å². The molecule has 0 aliphatic carbocycles. The van der Waals surface area contributed by atoms with E-state index in [-0.39, 0.29) is 11.6 Å². The summed E-state index contributed by atoms with van der Waals surface area (Å²) in [5, 5.41) is 9.51. The minimum Gasteiger partial charge on any atom is -0.436 e. The van der Waals surface area contributed by atoms with Gasteiger partial charge in [-0.05, 0) is 30.7 Å². The van der Waals surface area contributed by atoms with Gasteiger partial charge in [0.25, 0.3) is 5.88 Å². The summed E-state index contributed by atoms with van der Waals surface area (Å²) >= 11 is 5.91. The molecular formula is C12H8ClN3O. The second-order valence-electron chi connectivity index (χ2n) is 3.33. The van der Waals surface area contributed by atoms with E-state index in [0.29, 0.717) is 10.8 Å². The number of aromatic nitrogens is 2. The first-order valence-corrected chi connectivity index (χ1v) is 5.23. The maximum atomic E-state index is 8.84. The zero-order valence-electron chi connectivity index (χ0n) is 9.01. The van der Waals surface area contributed by atoms with E-state index in [9.17, 15) is 0 Å². The molecule has 1 heterocycles. The van der Waals surface area contributed by atoms with Gasteiger partial charge in [0.2, 0.25) is 5.69 Å². The summed E-state index contributed by atoms with van der Waals surface area (Å²) in [6, 6.07) is 7.14. The Bertz CT molecular complexity index is 593. The van der Waals surface area contributed by atoms with Crippen LogP contribution in [0, 0.1) is 18.3 Å². The predicted octanol–water partition coefficient (Wildman–Crippen LogP) is 3.10. The van der Waals surface area contributed by atoms with Crippen molar-refractivity contribution in [2.75, 3.05) is 0 Å². The number of nitrogens with zero attached hydrogens (tertiary/aromatic N) is 3. The van der Waals surface area contributed by atoms with Crippen LogP contribution in [0.2, 0.25) is 5.02 Å². The van der Waals surface area contributed by atoms with Crippen LogP contribution in [0.4, 0.5) is 0 Å². The summed E-state index contributed by atoms with van der Waals surface area (Å²) in [4.78, 5) is 7.82. The summed E-state index contributed by atoms with van der Waals surface area (Å²) in [6.45, 7) is 1.87. The Labute approximate surface area is 103 Å². The Morgan fingerprint density at radius 3 is 2.76 bits per heavy atom. The van der Waals surface area contributed by atoms with Crippen molar-refractivity contribution >= 4 is 11.6 Å². The largest absolute Gasteiger partial charge is 0.436 e. The first-order valence-electron chi connectivity index (χ1n) is 4.86. The van der Waals surface area contributed by atoms with Crippen LogP contribution in [0.25, 0.3) is 0 Å². The van der Waals surface area contributed by atoms with Crippen LogP contribution < -0.4 is 4.74 Å². The first-order chi connectivity index (χ1) is 8.20. The van der Waals surface area contributed by atoms with Crippen molar-refractivity contribution in [1.29, 1.82) is 5.26 Å². The molecule has 0 aliphatic rings. The van der Waals surface area contributed by atoms with Gasteiger partial charge in [0, 0.05) is 17.4 Å². The van der Waals surface area contributed by atoms with Gasteiger partial charge < -0.3 is 4.74 Å². The van der Waals surface area contributed by atoms with Crippen LogP contribution in [0.5, 0.6) is 11.6 Å². The molecule has 1 aromatic carbocycles. The van der Waals surface area contributed by atoms with Gasteiger partial charge in [-0.25, -0.2) is 9.97 Å². The number of benzene rings is 1. The number of nitriles is 1. The van der Waals surface area contributed by atoms with E-state index in [0.717, 1.165) is 5.56 Å². The average molecular weight is 246 g/mol. The third kappa shape index (κ3) is 2.52. The minimum atomic E-state index is 0.153. The lowest BCUT2D eigenvalue weighted by Crippen LogP contribution is -1.94. The Balaban J connectivity index is 2.32. The fraction of sp³-hybridized carbons (Fsp3) is 0.0833. The highest BCUT2D eigenvalue weighted by molar-refractivity contribution is 6.31. The number of aryl methyl sites for hydroxylation is 1. The lowest BCUT2D eigenvalue weighted by atomic mass is 10.2. The van der Waals surface area contributed by atoms with Crippen LogP contribution >= 0.6 is 11.6 Å². The maximum Gasteiger partial charge on any atom is 0.256 e. The molecule has 0 unspecified atom stereocenters. The Morgan fingerprint density at radius 2 is 2.06 bits per heavy atom. The molecule has 0 spiro atoms. The highest BCUT2D eigenvalue weighted by atomic mass is 35.5. The standard InChI is InChI=1S/C12H8ClN3O/c1-8-6-9(2-3-10(8)13)17-12-11(7-14)15-4-5-16-12/h2-6H,1H3. The van der Waals surface area contributed by atoms with Crippen molar-refractivity contribution in [2.24, 2.45) is 0 Å². The van der Waals surface area contributed by atoms with Crippen molar-refractivity contribution < 1.29 is 4.74 Å². The molecule has 0 fully saturated rings. The topological polar surface area (TPSA) is 58.8 Å². The minimum absolute atomic E-state index is 0.153. The molecule has 0 N–H and O–H groups in total. The molecule has 0 saturated heterocycles. The Kier molecular flexibility index (Phi) is 3.22. The van der Waals surface area contributed by atoms with Crippen molar-refractivity contribution in [3.8, 4) is 17.7 Å². The molecule has 17 heavy (non-hydrogen) atoms. The second kappa shape index (κ2) is 4.81. The molecule has 84 valence electrons. The van der Waals surface area contributed by atoms with Gasteiger partial charge >= 0.3 is 0 Å². The van der Waals surface area contributed by atoms with Crippen molar-refractivity contribution in [3.05, 3.63) is 46.9 Å². The fourth-order valence-electron chi connectivity index (χ4n) is 1.27. The van der Waals surface area contributed by atoms with Gasteiger partial charge in [0.15, 0.2) is 0 Å². The van der Waals surface area contributed by atoms with Crippen LogP contribution in [-0.4, -0.2) is 9.97 Å². The van der Waals surface area contributed by atoms with E-state index in [1.165, 1.54) is 12.4 Å². The van der Waals surface area contributed by atoms with E-state index in [2.05, 4.69) is 9.97 Å². The number of ether oxygens (including phenoxy) is 1. The molecule has 2 aromatic rings. The van der Waals surface area contributed by atoms with Crippen molar-refractivity contribution in [3.63, 3.8) is 0 Å². The molecule has 0 saturated carbocycles. The fourth-order valence-corrected chi connectivity index (χ4v) is 1.39. The Hall–Kier alpha value is -2.12. The van der Waals surface area contributed by atoms with Gasteiger partial charge in [-0.2, -0.15) is 5.26 Å². The molecule has 0 amide bonds. The summed E-state index contributed by atoms with van der Waals surface area (Å²) in [5.74, 6) is 0.764. The molecule has 1 aromatic heterocycles. The van der Waals surface area contributed by atoms with E-state index in [1.54, 1.807) is 18.2 Å². The molecule has 0 bridgehead atoms. The number of rotatable bonds is 2. The third-order valence-electron chi connectivity index (χ3n) is 2.11. The van der Waals surface area contributed by atoms with E-state index in [4.69, 9.17) is 21.6 Å². The van der Waals surface area contributed by atoms with Crippen molar-refractivity contribution in [1.82, 2.24) is 9.97 Å². The number of halogens is 1. The zero-order valence-corrected chi connectivity index (χ0v) is 9.77. The quantitative estimate of drug-likeness (QED) is 0.816. The normalized spacial score (nSPS) is 9.71. The van der Waals surface area contributed by atoms with E-state index >= 15 is 0 Å². The van der Waals surface area contributed by atoms with Crippen LogP contribution in [0.3, 0.4) is 0 Å². The van der Waals surface area contributed by atoms with Crippen LogP contribution in [0.15, 0.2) is 30.6 Å². The summed E-state index contributed by atoms with van der Waals surface area (Å²) < 4.78 is 5.48. The van der Waals surface area contributed by atoms with Crippen molar-refractivity contribution in [2.45, 2.75) is 6.92 Å². The molecule has 4 nitrogen and oxygen atoms in total. The highest BCUT2D eigenvalue weighted by Crippen LogP contribution is 2.25. The summed E-state index contributed by atoms with van der Waals surface area (Å²) in [6.07, 6.45) is 2.91. The molecular weight excluding hydrogens is 238 g/mol. The smallest absolute Gasteiger partial charge is 0.256 e. The molecule has 0 aliphatic heterocycles. The lowest BCUT2D eigenvalue weighted by molar-refractivity contribution is 0.458. The molecule has 0 radical (unpaired) electrons. The average Bonchev–Trinajstić information content (AvgIpc) is 2.34. The van der Waals surface area contributed by atoms with Crippen LogP contribution in [-0.2, 0) is 0 Å². The van der Waals surface area contributed by atoms with Gasteiger partial charge in [0.05, 0.1) is 0 Å². The highest BCUT2D eigenvalue weighted by Gasteiger charge is 2.07. The maximum absolute atomic E-state index is 8.84. The molecule has 5 heteroatoms. The second-order valence-corrected chi connectivity index (χ2v) is 3.74. The van der Waals surface area contributed by atoms with Gasteiger partial charge in [-0.3, -0.25) is 0 Å². The third-order valence-corrected chi connectivity index (χ3v) is 2.54. The monoisotopic (exact) mass is 245 g/mol. The van der Waals surface area contributed by atoms with Gasteiger partial charge in [-0.15, -0.1) is 0 Å². The lowest BCUT2D eigenvalue weighted by Gasteiger charge is -2.06. The SMILES string of the molecule is Cc1cc(Oc2nccnc2C#N)ccc1Cl. The molecule has 2 rings (SSSR count). The van der Waals surface area contributed by atoms with Crippen LogP contribution in [0.1, 0.15) is 11.3 Å². The van der Waals surface area contributed by atoms with E-state index in [1.807, 2.05) is 13.0 Å². The summed E-state index contributed by atoms with van der Waals surface area (Å²) in [7, 11) is 0. The summed E-state index contributed by atoms with van der Waals surface area (Å²) in [5.41, 5.74) is 1.05. The Morgan fingerprint density at radius 1 is 1.29 bits per heavy atom. The number of hydrogen-bond acceptors (Lipinski definition) is 4. The van der Waals surface area contributed by atoms with Gasteiger partial charge in [0.1, 0.15) is 11.8 Å². The molecule has 0 atom stereocenters. The zero-order chi connectivity index (χ0) is 12.3. The first kappa shape index (κ1) is 11.4.